The van der Waals surface area contributed by atoms with Gasteiger partial charge in [-0.25, -0.2) is 4.98 Å². The number of ether oxygens (including phenoxy) is 1. The van der Waals surface area contributed by atoms with Crippen LogP contribution in [-0.4, -0.2) is 9.97 Å². The summed E-state index contributed by atoms with van der Waals surface area (Å²) in [4.78, 5) is 8.05. The van der Waals surface area contributed by atoms with Gasteiger partial charge in [0.2, 0.25) is 0 Å². The summed E-state index contributed by atoms with van der Waals surface area (Å²) < 4.78 is 7.04. The average molecular weight is 379 g/mol. The molecule has 0 aliphatic carbocycles. The van der Waals surface area contributed by atoms with Crippen molar-refractivity contribution in [3.63, 3.8) is 0 Å². The first kappa shape index (κ1) is 15.0. The first-order chi connectivity index (χ1) is 11.8. The van der Waals surface area contributed by atoms with E-state index < -0.39 is 0 Å². The van der Waals surface area contributed by atoms with E-state index in [4.69, 9.17) is 4.74 Å². The highest BCUT2D eigenvalue weighted by molar-refractivity contribution is 9.10. The zero-order valence-corrected chi connectivity index (χ0v) is 14.5. The van der Waals surface area contributed by atoms with Gasteiger partial charge in [-0.3, -0.25) is 0 Å². The molecule has 0 saturated carbocycles. The maximum Gasteiger partial charge on any atom is 0.142 e. The Morgan fingerprint density at radius 2 is 1.71 bits per heavy atom. The van der Waals surface area contributed by atoms with Crippen LogP contribution in [0.3, 0.4) is 0 Å². The van der Waals surface area contributed by atoms with Gasteiger partial charge in [0, 0.05) is 4.47 Å². The Bertz CT molecular complexity index is 946. The number of nitrogens with zero attached hydrogens (tertiary/aromatic N) is 1. The monoisotopic (exact) mass is 378 g/mol. The summed E-state index contributed by atoms with van der Waals surface area (Å²) in [6, 6.07) is 24.1. The van der Waals surface area contributed by atoms with Gasteiger partial charge in [-0.1, -0.05) is 58.4 Å². The minimum absolute atomic E-state index is 0.524. The molecular formula is C20H15BrN2O. The first-order valence-corrected chi connectivity index (χ1v) is 8.50. The number of H-pyrrole nitrogens is 1. The molecule has 4 rings (SSSR count). The normalized spacial score (nSPS) is 10.9. The van der Waals surface area contributed by atoms with Gasteiger partial charge < -0.3 is 9.72 Å². The molecule has 0 aliphatic rings. The molecule has 1 aromatic heterocycles. The van der Waals surface area contributed by atoms with Gasteiger partial charge >= 0.3 is 0 Å². The van der Waals surface area contributed by atoms with Gasteiger partial charge in [0.25, 0.3) is 0 Å². The smallest absolute Gasteiger partial charge is 0.142 e. The number of hydrogen-bond acceptors (Lipinski definition) is 2. The van der Waals surface area contributed by atoms with E-state index in [-0.39, 0.29) is 0 Å². The fourth-order valence-electron chi connectivity index (χ4n) is 2.63. The Morgan fingerprint density at radius 3 is 2.54 bits per heavy atom. The molecule has 0 atom stereocenters. The standard InChI is InChI=1S/C20H15BrN2O/c21-15-10-11-19(24-13-14-6-2-1-3-7-14)16(12-15)20-22-17-8-4-5-9-18(17)23-20/h1-12H,13H2,(H,22,23). The number of benzene rings is 3. The number of fused-ring (bicyclic) bond motifs is 1. The molecule has 24 heavy (non-hydrogen) atoms. The zero-order valence-electron chi connectivity index (χ0n) is 12.9. The molecule has 0 spiro atoms. The number of nitrogens with one attached hydrogen (secondary N) is 1. The van der Waals surface area contributed by atoms with E-state index in [1.807, 2.05) is 60.7 Å². The Hall–Kier alpha value is -2.59. The molecular weight excluding hydrogens is 364 g/mol. The molecule has 0 unspecified atom stereocenters. The average Bonchev–Trinajstić information content (AvgIpc) is 3.05. The predicted octanol–water partition coefficient (Wildman–Crippen LogP) is 5.57. The lowest BCUT2D eigenvalue weighted by Gasteiger charge is -2.11. The molecule has 0 aliphatic heterocycles. The highest BCUT2D eigenvalue weighted by atomic mass is 79.9. The van der Waals surface area contributed by atoms with E-state index in [9.17, 15) is 0 Å². The molecule has 1 N–H and O–H groups in total. The molecule has 0 fully saturated rings. The van der Waals surface area contributed by atoms with Crippen molar-refractivity contribution in [3.05, 3.63) is 82.8 Å². The zero-order chi connectivity index (χ0) is 16.4. The van der Waals surface area contributed by atoms with Crippen LogP contribution in [-0.2, 0) is 6.61 Å². The van der Waals surface area contributed by atoms with Crippen LogP contribution in [0.4, 0.5) is 0 Å². The minimum Gasteiger partial charge on any atom is -0.488 e. The number of halogens is 1. The third-order valence-electron chi connectivity index (χ3n) is 3.82. The minimum atomic E-state index is 0.524. The number of hydrogen-bond donors (Lipinski definition) is 1. The lowest BCUT2D eigenvalue weighted by atomic mass is 10.2. The van der Waals surface area contributed by atoms with Crippen LogP contribution in [0.1, 0.15) is 5.56 Å². The largest absolute Gasteiger partial charge is 0.488 e. The summed E-state index contributed by atoms with van der Waals surface area (Å²) in [5.41, 5.74) is 4.04. The fraction of sp³-hybridized carbons (Fsp3) is 0.0500. The molecule has 4 aromatic rings. The number of para-hydroxylation sites is 2. The molecule has 0 saturated heterocycles. The second-order valence-corrected chi connectivity index (χ2v) is 6.43. The highest BCUT2D eigenvalue weighted by Gasteiger charge is 2.12. The van der Waals surface area contributed by atoms with E-state index in [1.165, 1.54) is 0 Å². The first-order valence-electron chi connectivity index (χ1n) is 7.71. The van der Waals surface area contributed by atoms with Crippen LogP contribution < -0.4 is 4.74 Å². The van der Waals surface area contributed by atoms with Crippen molar-refractivity contribution in [2.24, 2.45) is 0 Å². The van der Waals surface area contributed by atoms with E-state index in [0.717, 1.165) is 38.2 Å². The van der Waals surface area contributed by atoms with Crippen molar-refractivity contribution in [2.75, 3.05) is 0 Å². The Kier molecular flexibility index (Phi) is 4.05. The third-order valence-corrected chi connectivity index (χ3v) is 4.32. The number of imidazole rings is 1. The van der Waals surface area contributed by atoms with Crippen LogP contribution in [0.15, 0.2) is 77.3 Å². The molecule has 0 bridgehead atoms. The lowest BCUT2D eigenvalue weighted by molar-refractivity contribution is 0.307. The summed E-state index contributed by atoms with van der Waals surface area (Å²) in [7, 11) is 0. The van der Waals surface area contributed by atoms with Crippen molar-refractivity contribution < 1.29 is 4.74 Å². The van der Waals surface area contributed by atoms with E-state index >= 15 is 0 Å². The number of aromatic amines is 1. The van der Waals surface area contributed by atoms with Crippen LogP contribution in [0, 0.1) is 0 Å². The van der Waals surface area contributed by atoms with Crippen molar-refractivity contribution in [1.82, 2.24) is 9.97 Å². The highest BCUT2D eigenvalue weighted by Crippen LogP contribution is 2.32. The van der Waals surface area contributed by atoms with Crippen LogP contribution in [0.5, 0.6) is 5.75 Å². The predicted molar refractivity (Wildman–Crippen MR) is 100 cm³/mol. The molecule has 0 amide bonds. The van der Waals surface area contributed by atoms with Gasteiger partial charge in [-0.15, -0.1) is 0 Å². The Balaban J connectivity index is 1.70. The molecule has 3 aromatic carbocycles. The van der Waals surface area contributed by atoms with Gasteiger partial charge in [0.05, 0.1) is 16.6 Å². The molecule has 118 valence electrons. The van der Waals surface area contributed by atoms with Crippen molar-refractivity contribution in [3.8, 4) is 17.1 Å². The molecule has 0 radical (unpaired) electrons. The summed E-state index contributed by atoms with van der Waals surface area (Å²) in [6.07, 6.45) is 0. The summed E-state index contributed by atoms with van der Waals surface area (Å²) in [5, 5.41) is 0. The summed E-state index contributed by atoms with van der Waals surface area (Å²) in [6.45, 7) is 0.524. The van der Waals surface area contributed by atoms with E-state index in [0.29, 0.717) is 6.61 Å². The topological polar surface area (TPSA) is 37.9 Å². The SMILES string of the molecule is Brc1ccc(OCc2ccccc2)c(-c2nc3ccccc3[nH]2)c1. The number of aromatic nitrogens is 2. The quantitative estimate of drug-likeness (QED) is 0.503. The lowest BCUT2D eigenvalue weighted by Crippen LogP contribution is -1.97. The maximum absolute atomic E-state index is 6.05. The Morgan fingerprint density at radius 1 is 0.917 bits per heavy atom. The number of rotatable bonds is 4. The molecule has 4 heteroatoms. The molecule has 3 nitrogen and oxygen atoms in total. The van der Waals surface area contributed by atoms with Gasteiger partial charge in [-0.05, 0) is 35.9 Å². The second kappa shape index (κ2) is 6.49. The van der Waals surface area contributed by atoms with Crippen molar-refractivity contribution in [1.29, 1.82) is 0 Å². The van der Waals surface area contributed by atoms with Crippen molar-refractivity contribution in [2.45, 2.75) is 6.61 Å². The van der Waals surface area contributed by atoms with E-state index in [1.54, 1.807) is 0 Å². The van der Waals surface area contributed by atoms with E-state index in [2.05, 4.69) is 38.0 Å². The van der Waals surface area contributed by atoms with Crippen LogP contribution in [0.2, 0.25) is 0 Å². The summed E-state index contributed by atoms with van der Waals surface area (Å²) >= 11 is 3.54. The van der Waals surface area contributed by atoms with Crippen LogP contribution in [0.25, 0.3) is 22.4 Å². The third kappa shape index (κ3) is 3.05. The van der Waals surface area contributed by atoms with Crippen molar-refractivity contribution >= 4 is 27.0 Å². The van der Waals surface area contributed by atoms with Gasteiger partial charge in [0.1, 0.15) is 18.2 Å². The van der Waals surface area contributed by atoms with Gasteiger partial charge in [0.15, 0.2) is 0 Å². The Labute approximate surface area is 148 Å². The maximum atomic E-state index is 6.05. The fourth-order valence-corrected chi connectivity index (χ4v) is 2.99. The van der Waals surface area contributed by atoms with Crippen LogP contribution >= 0.6 is 15.9 Å². The summed E-state index contributed by atoms with van der Waals surface area (Å²) in [5.74, 6) is 1.61. The second-order valence-electron chi connectivity index (χ2n) is 5.52. The van der Waals surface area contributed by atoms with Gasteiger partial charge in [-0.2, -0.15) is 0 Å². The molecule has 1 heterocycles.